The highest BCUT2D eigenvalue weighted by Crippen LogP contribution is 2.36. The fourth-order valence-corrected chi connectivity index (χ4v) is 1.35. The van der Waals surface area contributed by atoms with Gasteiger partial charge in [0.2, 0.25) is 0 Å². The molecule has 0 bridgehead atoms. The van der Waals surface area contributed by atoms with Crippen LogP contribution in [0.25, 0.3) is 0 Å². The third-order valence-electron chi connectivity index (χ3n) is 2.01. The maximum atomic E-state index is 9.51. The number of phenols is 1. The van der Waals surface area contributed by atoms with Crippen molar-refractivity contribution in [1.29, 1.82) is 5.26 Å². The number of hydrogen-bond acceptors (Lipinski definition) is 4. The molecule has 0 fully saturated rings. The summed E-state index contributed by atoms with van der Waals surface area (Å²) in [5.74, 6) is 1.21. The van der Waals surface area contributed by atoms with Gasteiger partial charge in [-0.05, 0) is 6.07 Å². The van der Waals surface area contributed by atoms with E-state index in [2.05, 4.69) is 0 Å². The number of ether oxygens (including phenoxy) is 2. The van der Waals surface area contributed by atoms with Crippen molar-refractivity contribution in [2.24, 2.45) is 0 Å². The van der Waals surface area contributed by atoms with Crippen molar-refractivity contribution >= 4 is 0 Å². The van der Waals surface area contributed by atoms with Gasteiger partial charge in [-0.3, -0.25) is 0 Å². The summed E-state index contributed by atoms with van der Waals surface area (Å²) >= 11 is 0. The third-order valence-corrected chi connectivity index (χ3v) is 2.01. The SMILES string of the molecule is N#CCc1cc2c(cc1O)OCCO2. The summed E-state index contributed by atoms with van der Waals surface area (Å²) < 4.78 is 10.6. The van der Waals surface area contributed by atoms with Gasteiger partial charge in [0.15, 0.2) is 11.5 Å². The van der Waals surface area contributed by atoms with Crippen molar-refractivity contribution in [3.8, 4) is 23.3 Å². The second kappa shape index (κ2) is 3.46. The van der Waals surface area contributed by atoms with E-state index in [0.29, 0.717) is 30.3 Å². The van der Waals surface area contributed by atoms with Gasteiger partial charge in [0.1, 0.15) is 19.0 Å². The van der Waals surface area contributed by atoms with Crippen LogP contribution in [0.4, 0.5) is 0 Å². The van der Waals surface area contributed by atoms with Crippen molar-refractivity contribution in [3.63, 3.8) is 0 Å². The van der Waals surface area contributed by atoms with Gasteiger partial charge in [0, 0.05) is 11.6 Å². The molecule has 14 heavy (non-hydrogen) atoms. The summed E-state index contributed by atoms with van der Waals surface area (Å²) in [5.41, 5.74) is 0.566. The van der Waals surface area contributed by atoms with Crippen LogP contribution in [0.5, 0.6) is 17.2 Å². The molecule has 0 unspecified atom stereocenters. The smallest absolute Gasteiger partial charge is 0.165 e. The molecule has 72 valence electrons. The fraction of sp³-hybridized carbons (Fsp3) is 0.300. The van der Waals surface area contributed by atoms with Gasteiger partial charge in [-0.1, -0.05) is 0 Å². The molecular weight excluding hydrogens is 182 g/mol. The Morgan fingerprint density at radius 3 is 2.57 bits per heavy atom. The van der Waals surface area contributed by atoms with E-state index in [-0.39, 0.29) is 12.2 Å². The van der Waals surface area contributed by atoms with Crippen molar-refractivity contribution in [2.75, 3.05) is 13.2 Å². The molecule has 0 atom stereocenters. The van der Waals surface area contributed by atoms with E-state index >= 15 is 0 Å². The highest BCUT2D eigenvalue weighted by atomic mass is 16.6. The lowest BCUT2D eigenvalue weighted by Crippen LogP contribution is -2.15. The summed E-state index contributed by atoms with van der Waals surface area (Å²) in [7, 11) is 0. The summed E-state index contributed by atoms with van der Waals surface area (Å²) in [4.78, 5) is 0. The van der Waals surface area contributed by atoms with E-state index in [1.54, 1.807) is 6.07 Å². The second-order valence-electron chi connectivity index (χ2n) is 2.96. The molecule has 4 nitrogen and oxygen atoms in total. The first-order valence-corrected chi connectivity index (χ1v) is 4.29. The van der Waals surface area contributed by atoms with Crippen LogP contribution in [-0.4, -0.2) is 18.3 Å². The number of rotatable bonds is 1. The van der Waals surface area contributed by atoms with Crippen LogP contribution in [0.2, 0.25) is 0 Å². The molecule has 1 N–H and O–H groups in total. The number of phenolic OH excluding ortho intramolecular Hbond substituents is 1. The van der Waals surface area contributed by atoms with Gasteiger partial charge in [-0.15, -0.1) is 0 Å². The lowest BCUT2D eigenvalue weighted by molar-refractivity contribution is 0.170. The predicted octanol–water partition coefficient (Wildman–Crippen LogP) is 1.23. The molecule has 0 saturated carbocycles. The minimum absolute atomic E-state index is 0.0794. The van der Waals surface area contributed by atoms with Gasteiger partial charge in [0.05, 0.1) is 12.5 Å². The monoisotopic (exact) mass is 191 g/mol. The largest absolute Gasteiger partial charge is 0.507 e. The maximum Gasteiger partial charge on any atom is 0.165 e. The number of aromatic hydroxyl groups is 1. The van der Waals surface area contributed by atoms with Crippen LogP contribution in [0.1, 0.15) is 5.56 Å². The molecule has 2 rings (SSSR count). The molecule has 1 aromatic rings. The Balaban J connectivity index is 2.41. The van der Waals surface area contributed by atoms with E-state index in [1.807, 2.05) is 6.07 Å². The van der Waals surface area contributed by atoms with Crippen LogP contribution in [0.3, 0.4) is 0 Å². The van der Waals surface area contributed by atoms with Crippen LogP contribution >= 0.6 is 0 Å². The number of benzene rings is 1. The van der Waals surface area contributed by atoms with Gasteiger partial charge in [-0.25, -0.2) is 0 Å². The van der Waals surface area contributed by atoms with E-state index in [1.165, 1.54) is 6.07 Å². The van der Waals surface area contributed by atoms with Crippen LogP contribution in [0.15, 0.2) is 12.1 Å². The Morgan fingerprint density at radius 2 is 1.93 bits per heavy atom. The first kappa shape index (κ1) is 8.70. The molecule has 0 amide bonds. The summed E-state index contributed by atoms with van der Waals surface area (Å²) in [6.45, 7) is 0.994. The molecule has 1 heterocycles. The highest BCUT2D eigenvalue weighted by molar-refractivity contribution is 5.51. The molecule has 1 aliphatic heterocycles. The zero-order valence-electron chi connectivity index (χ0n) is 7.49. The molecule has 1 aromatic carbocycles. The minimum atomic E-state index is 0.0794. The Kier molecular flexibility index (Phi) is 2.15. The zero-order chi connectivity index (χ0) is 9.97. The summed E-state index contributed by atoms with van der Waals surface area (Å²) in [6.07, 6.45) is 0.169. The van der Waals surface area contributed by atoms with Crippen LogP contribution in [0, 0.1) is 11.3 Å². The number of nitriles is 1. The molecule has 0 spiro atoms. The standard InChI is InChI=1S/C10H9NO3/c11-2-1-7-5-9-10(6-8(7)12)14-4-3-13-9/h5-6,12H,1,3-4H2. The van der Waals surface area contributed by atoms with Crippen LogP contribution in [-0.2, 0) is 6.42 Å². The predicted molar refractivity (Wildman–Crippen MR) is 48.4 cm³/mol. The first-order chi connectivity index (χ1) is 6.81. The highest BCUT2D eigenvalue weighted by Gasteiger charge is 2.14. The van der Waals surface area contributed by atoms with E-state index in [0.717, 1.165) is 0 Å². The Labute approximate surface area is 81.3 Å². The maximum absolute atomic E-state index is 9.51. The topological polar surface area (TPSA) is 62.5 Å². The van der Waals surface area contributed by atoms with Crippen LogP contribution < -0.4 is 9.47 Å². The number of fused-ring (bicyclic) bond motifs is 1. The molecule has 0 saturated heterocycles. The van der Waals surface area contributed by atoms with Gasteiger partial charge in [-0.2, -0.15) is 5.26 Å². The van der Waals surface area contributed by atoms with Crippen molar-refractivity contribution in [1.82, 2.24) is 0 Å². The number of hydrogen-bond donors (Lipinski definition) is 1. The average molecular weight is 191 g/mol. The van der Waals surface area contributed by atoms with Crippen molar-refractivity contribution in [3.05, 3.63) is 17.7 Å². The molecule has 1 aliphatic rings. The Bertz CT molecular complexity index is 395. The second-order valence-corrected chi connectivity index (χ2v) is 2.96. The number of nitrogens with zero attached hydrogens (tertiary/aromatic N) is 1. The quantitative estimate of drug-likeness (QED) is 0.725. The van der Waals surface area contributed by atoms with E-state index < -0.39 is 0 Å². The first-order valence-electron chi connectivity index (χ1n) is 4.29. The molecule has 0 aromatic heterocycles. The molecule has 0 aliphatic carbocycles. The van der Waals surface area contributed by atoms with Crippen molar-refractivity contribution < 1.29 is 14.6 Å². The molecular formula is C10H9NO3. The molecule has 4 heteroatoms. The van der Waals surface area contributed by atoms with Gasteiger partial charge < -0.3 is 14.6 Å². The van der Waals surface area contributed by atoms with Gasteiger partial charge in [0.25, 0.3) is 0 Å². The summed E-state index contributed by atoms with van der Waals surface area (Å²) in [5, 5.41) is 18.0. The van der Waals surface area contributed by atoms with Gasteiger partial charge >= 0.3 is 0 Å². The minimum Gasteiger partial charge on any atom is -0.507 e. The van der Waals surface area contributed by atoms with E-state index in [9.17, 15) is 5.11 Å². The Hall–Kier alpha value is -1.89. The lowest BCUT2D eigenvalue weighted by atomic mass is 10.1. The normalized spacial score (nSPS) is 13.4. The average Bonchev–Trinajstić information content (AvgIpc) is 2.19. The third kappa shape index (κ3) is 1.44. The van der Waals surface area contributed by atoms with E-state index in [4.69, 9.17) is 14.7 Å². The van der Waals surface area contributed by atoms with Crippen molar-refractivity contribution in [2.45, 2.75) is 6.42 Å². The fourth-order valence-electron chi connectivity index (χ4n) is 1.35. The molecule has 0 radical (unpaired) electrons. The zero-order valence-corrected chi connectivity index (χ0v) is 7.49. The Morgan fingerprint density at radius 1 is 1.29 bits per heavy atom. The summed E-state index contributed by atoms with van der Waals surface area (Å²) in [6, 6.07) is 5.11. The lowest BCUT2D eigenvalue weighted by Gasteiger charge is -2.19.